The van der Waals surface area contributed by atoms with Crippen LogP contribution < -0.4 is 10.6 Å². The summed E-state index contributed by atoms with van der Waals surface area (Å²) in [6.45, 7) is 4.18. The third kappa shape index (κ3) is 3.78. The van der Waals surface area contributed by atoms with E-state index in [9.17, 15) is 4.79 Å². The molecule has 2 aliphatic carbocycles. The van der Waals surface area contributed by atoms with Gasteiger partial charge in [0.2, 0.25) is 5.91 Å². The summed E-state index contributed by atoms with van der Waals surface area (Å²) in [6.07, 6.45) is 7.48. The van der Waals surface area contributed by atoms with Crippen LogP contribution in [0.5, 0.6) is 0 Å². The molecule has 0 saturated heterocycles. The van der Waals surface area contributed by atoms with Crippen LogP contribution in [0.4, 0.5) is 0 Å². The molecule has 0 radical (unpaired) electrons. The van der Waals surface area contributed by atoms with E-state index in [0.717, 1.165) is 25.2 Å². The lowest BCUT2D eigenvalue weighted by Gasteiger charge is -2.21. The molecule has 2 aliphatic rings. The van der Waals surface area contributed by atoms with Crippen LogP contribution in [-0.2, 0) is 4.79 Å². The Kier molecular flexibility index (Phi) is 3.85. The molecular formula is C13H24N2O. The van der Waals surface area contributed by atoms with E-state index >= 15 is 0 Å². The average Bonchev–Trinajstić information content (AvgIpc) is 3.10. The topological polar surface area (TPSA) is 41.1 Å². The summed E-state index contributed by atoms with van der Waals surface area (Å²) in [6, 6.07) is 0.956. The summed E-state index contributed by atoms with van der Waals surface area (Å²) in [5.74, 6) is 1.10. The van der Waals surface area contributed by atoms with E-state index in [0.29, 0.717) is 12.1 Å². The van der Waals surface area contributed by atoms with Gasteiger partial charge in [-0.05, 0) is 38.5 Å². The summed E-state index contributed by atoms with van der Waals surface area (Å²) in [5.41, 5.74) is 0. The van der Waals surface area contributed by atoms with E-state index in [1.165, 1.54) is 19.3 Å². The van der Waals surface area contributed by atoms with Crippen LogP contribution in [0.15, 0.2) is 0 Å². The summed E-state index contributed by atoms with van der Waals surface area (Å²) >= 11 is 0. The lowest BCUT2D eigenvalue weighted by molar-refractivity contribution is -0.123. The first-order chi connectivity index (χ1) is 7.69. The molecule has 0 aromatic carbocycles. The van der Waals surface area contributed by atoms with Gasteiger partial charge in [-0.1, -0.05) is 19.8 Å². The molecule has 0 aromatic heterocycles. The predicted molar refractivity (Wildman–Crippen MR) is 65.2 cm³/mol. The Hall–Kier alpha value is -0.570. The Balaban J connectivity index is 1.69. The zero-order valence-corrected chi connectivity index (χ0v) is 10.5. The molecular weight excluding hydrogens is 200 g/mol. The highest BCUT2D eigenvalue weighted by atomic mass is 16.2. The van der Waals surface area contributed by atoms with Gasteiger partial charge in [-0.2, -0.15) is 0 Å². The quantitative estimate of drug-likeness (QED) is 0.692. The fourth-order valence-corrected chi connectivity index (χ4v) is 2.09. The Bertz CT molecular complexity index is 246. The minimum atomic E-state index is -0.0377. The van der Waals surface area contributed by atoms with Crippen LogP contribution in [0, 0.1) is 5.92 Å². The SMILES string of the molecule is CCC(CC1CC1)NC(C)C(=O)NC1CC1. The van der Waals surface area contributed by atoms with Crippen LogP contribution in [-0.4, -0.2) is 24.0 Å². The zero-order valence-electron chi connectivity index (χ0n) is 10.5. The number of nitrogens with one attached hydrogen (secondary N) is 2. The molecule has 0 aliphatic heterocycles. The van der Waals surface area contributed by atoms with Crippen molar-refractivity contribution in [2.75, 3.05) is 0 Å². The standard InChI is InChI=1S/C13H24N2O/c1-3-11(8-10-4-5-10)14-9(2)13(16)15-12-6-7-12/h9-12,14H,3-8H2,1-2H3,(H,15,16). The minimum Gasteiger partial charge on any atom is -0.352 e. The third-order valence-corrected chi connectivity index (χ3v) is 3.61. The predicted octanol–water partition coefficient (Wildman–Crippen LogP) is 1.82. The van der Waals surface area contributed by atoms with Crippen molar-refractivity contribution >= 4 is 5.91 Å². The van der Waals surface area contributed by atoms with Crippen molar-refractivity contribution in [1.29, 1.82) is 0 Å². The average molecular weight is 224 g/mol. The Morgan fingerprint density at radius 1 is 1.31 bits per heavy atom. The summed E-state index contributed by atoms with van der Waals surface area (Å²) < 4.78 is 0. The van der Waals surface area contributed by atoms with Gasteiger partial charge in [0.15, 0.2) is 0 Å². The lowest BCUT2D eigenvalue weighted by atomic mass is 10.1. The maximum absolute atomic E-state index is 11.8. The van der Waals surface area contributed by atoms with E-state index in [2.05, 4.69) is 17.6 Å². The Morgan fingerprint density at radius 2 is 2.00 bits per heavy atom. The summed E-state index contributed by atoms with van der Waals surface area (Å²) in [7, 11) is 0. The summed E-state index contributed by atoms with van der Waals surface area (Å²) in [5, 5.41) is 6.51. The molecule has 0 heterocycles. The Morgan fingerprint density at radius 3 is 2.50 bits per heavy atom. The van der Waals surface area contributed by atoms with Gasteiger partial charge in [-0.15, -0.1) is 0 Å². The Labute approximate surface area is 98.4 Å². The van der Waals surface area contributed by atoms with Crippen molar-refractivity contribution in [1.82, 2.24) is 10.6 Å². The third-order valence-electron chi connectivity index (χ3n) is 3.61. The molecule has 2 rings (SSSR count). The number of hydrogen-bond donors (Lipinski definition) is 2. The number of carbonyl (C=O) groups excluding carboxylic acids is 1. The second kappa shape index (κ2) is 5.17. The highest BCUT2D eigenvalue weighted by molar-refractivity contribution is 5.81. The smallest absolute Gasteiger partial charge is 0.237 e. The number of carbonyl (C=O) groups is 1. The molecule has 0 spiro atoms. The molecule has 3 heteroatoms. The van der Waals surface area contributed by atoms with Gasteiger partial charge in [-0.3, -0.25) is 4.79 Å². The lowest BCUT2D eigenvalue weighted by Crippen LogP contribution is -2.47. The molecule has 1 amide bonds. The van der Waals surface area contributed by atoms with Crippen LogP contribution in [0.1, 0.15) is 52.4 Å². The second-order valence-electron chi connectivity index (χ2n) is 5.46. The highest BCUT2D eigenvalue weighted by Gasteiger charge is 2.28. The van der Waals surface area contributed by atoms with E-state index in [4.69, 9.17) is 0 Å². The first-order valence-electron chi connectivity index (χ1n) is 6.75. The molecule has 2 N–H and O–H groups in total. The van der Waals surface area contributed by atoms with Gasteiger partial charge in [0.1, 0.15) is 0 Å². The van der Waals surface area contributed by atoms with Crippen LogP contribution in [0.2, 0.25) is 0 Å². The molecule has 2 saturated carbocycles. The molecule has 2 unspecified atom stereocenters. The maximum Gasteiger partial charge on any atom is 0.237 e. The largest absolute Gasteiger partial charge is 0.352 e. The fraction of sp³-hybridized carbons (Fsp3) is 0.923. The molecule has 92 valence electrons. The molecule has 2 fully saturated rings. The van der Waals surface area contributed by atoms with Gasteiger partial charge in [0.25, 0.3) is 0 Å². The van der Waals surface area contributed by atoms with Crippen molar-refractivity contribution < 1.29 is 4.79 Å². The summed E-state index contributed by atoms with van der Waals surface area (Å²) in [4.78, 5) is 11.8. The van der Waals surface area contributed by atoms with Crippen LogP contribution in [0.25, 0.3) is 0 Å². The van der Waals surface area contributed by atoms with Crippen molar-refractivity contribution in [3.8, 4) is 0 Å². The number of amides is 1. The molecule has 0 bridgehead atoms. The number of hydrogen-bond acceptors (Lipinski definition) is 2. The molecule has 0 aromatic rings. The van der Waals surface area contributed by atoms with E-state index in [1.54, 1.807) is 0 Å². The molecule has 16 heavy (non-hydrogen) atoms. The van der Waals surface area contributed by atoms with Crippen LogP contribution in [0.3, 0.4) is 0 Å². The van der Waals surface area contributed by atoms with Crippen molar-refractivity contribution in [3.63, 3.8) is 0 Å². The van der Waals surface area contributed by atoms with Crippen molar-refractivity contribution in [2.24, 2.45) is 5.92 Å². The molecule has 2 atom stereocenters. The van der Waals surface area contributed by atoms with Gasteiger partial charge in [0.05, 0.1) is 6.04 Å². The van der Waals surface area contributed by atoms with E-state index in [1.807, 2.05) is 6.92 Å². The first-order valence-corrected chi connectivity index (χ1v) is 6.75. The second-order valence-corrected chi connectivity index (χ2v) is 5.46. The maximum atomic E-state index is 11.8. The van der Waals surface area contributed by atoms with Crippen LogP contribution >= 0.6 is 0 Å². The van der Waals surface area contributed by atoms with Gasteiger partial charge in [-0.25, -0.2) is 0 Å². The first kappa shape index (κ1) is 11.9. The zero-order chi connectivity index (χ0) is 11.5. The minimum absolute atomic E-state index is 0.0377. The van der Waals surface area contributed by atoms with Crippen molar-refractivity contribution in [2.45, 2.75) is 70.5 Å². The van der Waals surface area contributed by atoms with Crippen molar-refractivity contribution in [3.05, 3.63) is 0 Å². The van der Waals surface area contributed by atoms with Gasteiger partial charge < -0.3 is 10.6 Å². The van der Waals surface area contributed by atoms with E-state index in [-0.39, 0.29) is 11.9 Å². The normalized spacial score (nSPS) is 23.9. The van der Waals surface area contributed by atoms with E-state index < -0.39 is 0 Å². The van der Waals surface area contributed by atoms with Gasteiger partial charge in [0, 0.05) is 12.1 Å². The fourth-order valence-electron chi connectivity index (χ4n) is 2.09. The number of rotatable bonds is 7. The highest BCUT2D eigenvalue weighted by Crippen LogP contribution is 2.34. The van der Waals surface area contributed by atoms with Gasteiger partial charge >= 0.3 is 0 Å². The molecule has 3 nitrogen and oxygen atoms in total. The monoisotopic (exact) mass is 224 g/mol.